The summed E-state index contributed by atoms with van der Waals surface area (Å²) >= 11 is 0. The Morgan fingerprint density at radius 3 is 1.22 bits per heavy atom. The highest BCUT2D eigenvalue weighted by molar-refractivity contribution is 5.99. The van der Waals surface area contributed by atoms with Crippen LogP contribution in [0.3, 0.4) is 0 Å². The van der Waals surface area contributed by atoms with Crippen molar-refractivity contribution in [2.75, 3.05) is 32.7 Å². The number of benzene rings is 1. The molecule has 94 heavy (non-hydrogen) atoms. The van der Waals surface area contributed by atoms with Crippen LogP contribution in [0.25, 0.3) is 10.9 Å². The van der Waals surface area contributed by atoms with Gasteiger partial charge in [0, 0.05) is 43.3 Å². The van der Waals surface area contributed by atoms with Gasteiger partial charge in [0.15, 0.2) is 23.8 Å². The number of aliphatic hydroxyl groups is 1. The smallest absolute Gasteiger partial charge is 0.326 e. The molecule has 0 fully saturated rings. The van der Waals surface area contributed by atoms with Gasteiger partial charge >= 0.3 is 5.97 Å². The predicted octanol–water partition coefficient (Wildman–Crippen LogP) is -5.62. The fourth-order valence-corrected chi connectivity index (χ4v) is 9.55. The number of fused-ring (bicyclic) bond motifs is 1. The van der Waals surface area contributed by atoms with Crippen molar-refractivity contribution in [2.45, 2.75) is 185 Å². The lowest BCUT2D eigenvalue weighted by atomic mass is 10.0. The van der Waals surface area contributed by atoms with E-state index in [-0.39, 0.29) is 114 Å². The molecule has 2 aromatic rings. The molecule has 526 valence electrons. The zero-order valence-electron chi connectivity index (χ0n) is 54.4. The summed E-state index contributed by atoms with van der Waals surface area (Å²) in [5.41, 5.74) is 35.3. The van der Waals surface area contributed by atoms with Gasteiger partial charge in [-0.3, -0.25) is 64.8 Å². The molecule has 0 unspecified atom stereocenters. The van der Waals surface area contributed by atoms with Crippen LogP contribution >= 0.6 is 0 Å². The number of nitrogens with two attached hydrogens (primary N) is 6. The Hall–Kier alpha value is -9.58. The molecule has 2 rings (SSSR count). The van der Waals surface area contributed by atoms with E-state index in [9.17, 15) is 58.2 Å². The molecular weight excluding hydrogens is 1220 g/mol. The van der Waals surface area contributed by atoms with E-state index in [1.54, 1.807) is 33.9 Å². The van der Waals surface area contributed by atoms with E-state index in [2.05, 4.69) is 74.1 Å². The number of H-pyrrole nitrogens is 1. The highest BCUT2D eigenvalue weighted by atomic mass is 16.4. The monoisotopic (exact) mass is 1330 g/mol. The van der Waals surface area contributed by atoms with E-state index in [0.29, 0.717) is 19.4 Å². The minimum absolute atomic E-state index is 0.0303. The number of carbonyl (C=O) groups excluding carboxylic acids is 9. The molecule has 0 saturated heterocycles. The molecule has 1 heterocycles. The van der Waals surface area contributed by atoms with Crippen LogP contribution in [-0.4, -0.2) is 197 Å². The molecule has 0 spiro atoms. The number of rotatable bonds is 44. The highest BCUT2D eigenvalue weighted by Gasteiger charge is 2.37. The van der Waals surface area contributed by atoms with Crippen LogP contribution in [0.15, 0.2) is 30.5 Å². The molecule has 11 atom stereocenters. The summed E-state index contributed by atoms with van der Waals surface area (Å²) in [5, 5.41) is 85.3. The van der Waals surface area contributed by atoms with Gasteiger partial charge < -0.3 is 119 Å². The molecule has 0 radical (unpaired) electrons. The number of hydrogen-bond acceptors (Lipinski definition) is 17. The summed E-state index contributed by atoms with van der Waals surface area (Å²) in [5.74, 6) is -12.1. The van der Waals surface area contributed by atoms with Crippen LogP contribution in [0.4, 0.5) is 0 Å². The number of aliphatic carboxylic acids is 1. The van der Waals surface area contributed by atoms with Gasteiger partial charge in [0.1, 0.15) is 54.4 Å². The number of guanidine groups is 4. The molecule has 36 heteroatoms. The van der Waals surface area contributed by atoms with E-state index in [1.807, 2.05) is 24.3 Å². The number of aromatic amines is 1. The second-order valence-corrected chi connectivity index (χ2v) is 23.4. The number of carboxylic acid groups (broad SMARTS) is 1. The molecule has 1 aromatic heterocycles. The Morgan fingerprint density at radius 2 is 0.809 bits per heavy atom. The molecule has 32 N–H and O–H groups in total. The average molecular weight is 1330 g/mol. The van der Waals surface area contributed by atoms with Gasteiger partial charge in [0.2, 0.25) is 53.2 Å². The van der Waals surface area contributed by atoms with Crippen molar-refractivity contribution < 1.29 is 58.2 Å². The van der Waals surface area contributed by atoms with Gasteiger partial charge in [-0.15, -0.1) is 0 Å². The fraction of sp³-hybridized carbons (Fsp3) is 0.621. The van der Waals surface area contributed by atoms with Crippen molar-refractivity contribution in [1.82, 2.24) is 74.1 Å². The number of hydrogen-bond donors (Lipinski definition) is 26. The van der Waals surface area contributed by atoms with E-state index in [0.717, 1.165) is 16.5 Å². The molecule has 1 aromatic carbocycles. The molecule has 0 saturated carbocycles. The molecule has 0 bridgehead atoms. The van der Waals surface area contributed by atoms with Crippen molar-refractivity contribution >= 4 is 93.9 Å². The number of unbranched alkanes of at least 4 members (excludes halogenated alkanes) is 1. The van der Waals surface area contributed by atoms with Gasteiger partial charge in [0.05, 0.1) is 12.1 Å². The maximum absolute atomic E-state index is 14.3. The first kappa shape index (κ1) is 80.5. The van der Waals surface area contributed by atoms with Gasteiger partial charge in [-0.25, -0.2) is 4.79 Å². The molecule has 0 aliphatic heterocycles. The quantitative estimate of drug-likeness (QED) is 0.0167. The maximum atomic E-state index is 14.3. The Bertz CT molecular complexity index is 2890. The lowest BCUT2D eigenvalue weighted by molar-refractivity contribution is -0.142. The van der Waals surface area contributed by atoms with Crippen LogP contribution in [0.1, 0.15) is 118 Å². The highest BCUT2D eigenvalue weighted by Crippen LogP contribution is 2.19. The van der Waals surface area contributed by atoms with Gasteiger partial charge in [-0.1, -0.05) is 45.9 Å². The Morgan fingerprint density at radius 1 is 0.457 bits per heavy atom. The second kappa shape index (κ2) is 41.8. The minimum Gasteiger partial charge on any atom is -0.480 e. The number of nitrogens with one attached hydrogen (secondary N) is 18. The Labute approximate surface area is 546 Å². The summed E-state index contributed by atoms with van der Waals surface area (Å²) in [6.07, 6.45) is 1.38. The Balaban J connectivity index is 2.37. The van der Waals surface area contributed by atoms with Crippen molar-refractivity contribution in [1.29, 1.82) is 21.6 Å². The summed E-state index contributed by atoms with van der Waals surface area (Å²) in [6, 6.07) is -6.55. The third kappa shape index (κ3) is 29.8. The van der Waals surface area contributed by atoms with Crippen LogP contribution in [0.5, 0.6) is 0 Å². The Kier molecular flexibility index (Phi) is 35.8. The molecular formula is C58H102N24O12. The van der Waals surface area contributed by atoms with Crippen LogP contribution < -0.4 is 104 Å². The number of aliphatic hydroxyl groups excluding tert-OH is 1. The van der Waals surface area contributed by atoms with Crippen molar-refractivity contribution in [3.05, 3.63) is 36.0 Å². The van der Waals surface area contributed by atoms with Crippen molar-refractivity contribution in [3.8, 4) is 0 Å². The maximum Gasteiger partial charge on any atom is 0.326 e. The number of amides is 9. The van der Waals surface area contributed by atoms with Crippen molar-refractivity contribution in [2.24, 2.45) is 46.2 Å². The molecule has 36 nitrogen and oxygen atoms in total. The molecule has 9 amide bonds. The summed E-state index contributed by atoms with van der Waals surface area (Å²) in [7, 11) is 0. The van der Waals surface area contributed by atoms with E-state index < -0.39 is 137 Å². The number of para-hydroxylation sites is 1. The first-order valence-corrected chi connectivity index (χ1v) is 31.2. The van der Waals surface area contributed by atoms with E-state index in [4.69, 9.17) is 56.0 Å². The summed E-state index contributed by atoms with van der Waals surface area (Å²) in [6.45, 7) is 9.45. The largest absolute Gasteiger partial charge is 0.480 e. The third-order valence-electron chi connectivity index (χ3n) is 14.8. The zero-order chi connectivity index (χ0) is 70.8. The number of carboxylic acids is 1. The second-order valence-electron chi connectivity index (χ2n) is 23.4. The zero-order valence-corrected chi connectivity index (χ0v) is 54.4. The van der Waals surface area contributed by atoms with Crippen LogP contribution in [-0.2, 0) is 54.4 Å². The first-order chi connectivity index (χ1) is 44.3. The molecule has 0 aliphatic carbocycles. The normalized spacial score (nSPS) is 14.6. The fourth-order valence-electron chi connectivity index (χ4n) is 9.55. The third-order valence-corrected chi connectivity index (χ3v) is 14.8. The van der Waals surface area contributed by atoms with Crippen LogP contribution in [0, 0.1) is 33.5 Å². The minimum atomic E-state index is -1.78. The number of aromatic nitrogens is 1. The topological polar surface area (TPSA) is 635 Å². The molecule has 0 aliphatic rings. The number of carbonyl (C=O) groups is 10. The lowest BCUT2D eigenvalue weighted by Crippen LogP contribution is -2.62. The van der Waals surface area contributed by atoms with E-state index >= 15 is 0 Å². The SMILES string of the molecule is CC(C)[C@H](NC(=O)[C@H](CCCNC(=N)N)NC(=O)[C@H](C)NC(=O)[C@@H](NC(=O)[C@@H](NC(=O)[C@H](CCCNC(=N)N)NC(=O)[C@H](CCCNC(=N)N)NC(=O)[C@@H](N)Cc1c[nH]c2ccccc12)[C@@H](C)O)C(C)C)C(=O)N[C@@H](CCCNC(=N)N)C(=O)N[C@@H](CCCCN)C(=O)O. The summed E-state index contributed by atoms with van der Waals surface area (Å²) < 4.78 is 0. The lowest BCUT2D eigenvalue weighted by Gasteiger charge is -2.29. The van der Waals surface area contributed by atoms with E-state index in [1.165, 1.54) is 13.8 Å². The van der Waals surface area contributed by atoms with Gasteiger partial charge in [-0.05, 0) is 121 Å². The van der Waals surface area contributed by atoms with Crippen LogP contribution in [0.2, 0.25) is 0 Å². The summed E-state index contributed by atoms with van der Waals surface area (Å²) in [4.78, 5) is 141. The average Bonchev–Trinajstić information content (AvgIpc) is 1.64. The van der Waals surface area contributed by atoms with Gasteiger partial charge in [0.25, 0.3) is 0 Å². The van der Waals surface area contributed by atoms with Crippen molar-refractivity contribution in [3.63, 3.8) is 0 Å². The van der Waals surface area contributed by atoms with Gasteiger partial charge in [-0.2, -0.15) is 0 Å². The predicted molar refractivity (Wildman–Crippen MR) is 352 cm³/mol. The standard InChI is InChI=1S/C58H102N24O12/c1-29(2)42(51(90)74-31(5)45(84)75-39(20-13-25-71-57(65)66)49(88)80-43(30(3)4)52(91)78-38(19-12-24-70-56(63)64)48(87)79-41(54(93)94)17-9-10-22-59)81-53(92)44(32(6)83)82-50(89)40(21-14-26-72-58(67)68)77-47(86)37(18-11-23-69-55(61)62)76-46(85)35(60)27-33-28-73-36-16-8-7-15-34(33)36/h7-8,15-16,28-32,35,37-44,73,83H,9-14,17-27,59-60H2,1-6H3,(H,74,90)(H,75,84)(H,76,85)(H,77,86)(H,78,91)(H,79,87)(H,80,88)(H,81,92)(H,82,89)(H,93,94)(H4,61,62,69)(H4,63,64,70)(H4,65,66,71)(H4,67,68,72)/t31-,32+,35-,37-,38-,39-,40-,41-,42-,43-,44-/m0/s1. The first-order valence-electron chi connectivity index (χ1n) is 31.2.